The molecule has 1 saturated heterocycles. The number of hydrogen-bond acceptors (Lipinski definition) is 3. The summed E-state index contributed by atoms with van der Waals surface area (Å²) in [4.78, 5) is 2.15. The van der Waals surface area contributed by atoms with E-state index < -0.39 is 0 Å². The fourth-order valence-electron chi connectivity index (χ4n) is 2.68. The van der Waals surface area contributed by atoms with Gasteiger partial charge in [-0.15, -0.1) is 0 Å². The van der Waals surface area contributed by atoms with E-state index in [-0.39, 0.29) is 6.10 Å². The molecule has 0 radical (unpaired) electrons. The van der Waals surface area contributed by atoms with Crippen LogP contribution in [0.5, 0.6) is 0 Å². The summed E-state index contributed by atoms with van der Waals surface area (Å²) in [5.74, 6) is 0.426. The van der Waals surface area contributed by atoms with Gasteiger partial charge in [-0.3, -0.25) is 4.90 Å². The van der Waals surface area contributed by atoms with E-state index in [2.05, 4.69) is 10.2 Å². The van der Waals surface area contributed by atoms with E-state index >= 15 is 0 Å². The van der Waals surface area contributed by atoms with Crippen LogP contribution < -0.4 is 5.32 Å². The van der Waals surface area contributed by atoms with E-state index in [1.807, 2.05) is 31.3 Å². The lowest BCUT2D eigenvalue weighted by atomic mass is 9.92. The van der Waals surface area contributed by atoms with Gasteiger partial charge in [-0.2, -0.15) is 0 Å². The Balaban J connectivity index is 1.83. The van der Waals surface area contributed by atoms with Crippen molar-refractivity contribution in [3.8, 4) is 0 Å². The molecule has 1 aromatic rings. The molecule has 1 aliphatic heterocycles. The van der Waals surface area contributed by atoms with Gasteiger partial charge in [-0.1, -0.05) is 29.8 Å². The molecule has 0 spiro atoms. The minimum absolute atomic E-state index is 0.241. The van der Waals surface area contributed by atoms with Crippen molar-refractivity contribution in [1.82, 2.24) is 10.2 Å². The largest absolute Gasteiger partial charge is 0.392 e. The predicted molar refractivity (Wildman–Crippen MR) is 79.4 cm³/mol. The summed E-state index contributed by atoms with van der Waals surface area (Å²) in [6.07, 6.45) is 1.90. The second-order valence-corrected chi connectivity index (χ2v) is 5.85. The van der Waals surface area contributed by atoms with Crippen molar-refractivity contribution in [2.24, 2.45) is 5.92 Å². The topological polar surface area (TPSA) is 35.5 Å². The van der Waals surface area contributed by atoms with E-state index in [0.717, 1.165) is 43.1 Å². The summed E-state index contributed by atoms with van der Waals surface area (Å²) in [5.41, 5.74) is 1.11. The summed E-state index contributed by atoms with van der Waals surface area (Å²) in [7, 11) is 2.04. The predicted octanol–water partition coefficient (Wildman–Crippen LogP) is 2.13. The van der Waals surface area contributed by atoms with Crippen LogP contribution in [-0.4, -0.2) is 42.8 Å². The molecule has 2 N–H and O–H groups in total. The van der Waals surface area contributed by atoms with Gasteiger partial charge in [-0.05, 0) is 50.5 Å². The molecule has 0 aliphatic carbocycles. The molecule has 1 aliphatic rings. The van der Waals surface area contributed by atoms with Gasteiger partial charge in [0.2, 0.25) is 0 Å². The molecule has 0 saturated carbocycles. The molecule has 1 heterocycles. The smallest absolute Gasteiger partial charge is 0.0696 e. The van der Waals surface area contributed by atoms with Crippen molar-refractivity contribution in [3.63, 3.8) is 0 Å². The van der Waals surface area contributed by atoms with Gasteiger partial charge >= 0.3 is 0 Å². The quantitative estimate of drug-likeness (QED) is 0.869. The number of benzene rings is 1. The number of nitrogens with one attached hydrogen (secondary N) is 1. The van der Waals surface area contributed by atoms with Gasteiger partial charge in [0, 0.05) is 18.1 Å². The van der Waals surface area contributed by atoms with Crippen LogP contribution in [0.4, 0.5) is 0 Å². The third-order valence-electron chi connectivity index (χ3n) is 3.82. The van der Waals surface area contributed by atoms with Crippen LogP contribution in [0.15, 0.2) is 24.3 Å². The van der Waals surface area contributed by atoms with Gasteiger partial charge < -0.3 is 10.4 Å². The van der Waals surface area contributed by atoms with Crippen molar-refractivity contribution >= 4 is 11.6 Å². The number of likely N-dealkylation sites (N-methyl/N-ethyl adjacent to an activating group) is 1. The summed E-state index contributed by atoms with van der Waals surface area (Å²) >= 11 is 6.16. The average molecular weight is 283 g/mol. The summed E-state index contributed by atoms with van der Waals surface area (Å²) in [6.45, 7) is 3.53. The Hall–Kier alpha value is -0.610. The maximum atomic E-state index is 10.3. The summed E-state index contributed by atoms with van der Waals surface area (Å²) in [6, 6.07) is 7.89. The van der Waals surface area contributed by atoms with Crippen LogP contribution in [0.25, 0.3) is 0 Å². The fourth-order valence-corrected chi connectivity index (χ4v) is 2.87. The van der Waals surface area contributed by atoms with Crippen LogP contribution in [0.3, 0.4) is 0 Å². The third-order valence-corrected chi connectivity index (χ3v) is 4.19. The van der Waals surface area contributed by atoms with E-state index in [9.17, 15) is 5.11 Å². The zero-order valence-electron chi connectivity index (χ0n) is 11.5. The summed E-state index contributed by atoms with van der Waals surface area (Å²) < 4.78 is 0. The van der Waals surface area contributed by atoms with Gasteiger partial charge in [0.1, 0.15) is 0 Å². The van der Waals surface area contributed by atoms with Crippen molar-refractivity contribution in [2.45, 2.75) is 25.5 Å². The van der Waals surface area contributed by atoms with Gasteiger partial charge in [0.15, 0.2) is 0 Å². The Morgan fingerprint density at radius 1 is 1.37 bits per heavy atom. The fraction of sp³-hybridized carbons (Fsp3) is 0.600. The zero-order valence-corrected chi connectivity index (χ0v) is 12.2. The maximum Gasteiger partial charge on any atom is 0.0696 e. The van der Waals surface area contributed by atoms with E-state index in [0.29, 0.717) is 12.5 Å². The highest BCUT2D eigenvalue weighted by atomic mass is 35.5. The Kier molecular flexibility index (Phi) is 5.64. The van der Waals surface area contributed by atoms with Crippen molar-refractivity contribution in [2.75, 3.05) is 26.7 Å². The monoisotopic (exact) mass is 282 g/mol. The third kappa shape index (κ3) is 4.46. The Morgan fingerprint density at radius 2 is 2.05 bits per heavy atom. The maximum absolute atomic E-state index is 10.3. The lowest BCUT2D eigenvalue weighted by Crippen LogP contribution is -2.39. The Labute approximate surface area is 120 Å². The Bertz CT molecular complexity index is 393. The highest BCUT2D eigenvalue weighted by Crippen LogP contribution is 2.19. The number of hydrogen-bond donors (Lipinski definition) is 2. The van der Waals surface area contributed by atoms with Crippen LogP contribution in [0, 0.1) is 5.92 Å². The highest BCUT2D eigenvalue weighted by Gasteiger charge is 2.22. The highest BCUT2D eigenvalue weighted by molar-refractivity contribution is 6.31. The zero-order chi connectivity index (χ0) is 13.7. The van der Waals surface area contributed by atoms with E-state index in [4.69, 9.17) is 11.6 Å². The molecule has 3 nitrogen and oxygen atoms in total. The second-order valence-electron chi connectivity index (χ2n) is 5.44. The lowest BCUT2D eigenvalue weighted by Gasteiger charge is -2.30. The first-order valence-electron chi connectivity index (χ1n) is 6.97. The molecule has 19 heavy (non-hydrogen) atoms. The number of piperidine rings is 1. The molecular formula is C15H23ClN2O. The summed E-state index contributed by atoms with van der Waals surface area (Å²) in [5, 5.41) is 14.4. The molecule has 0 bridgehead atoms. The first-order chi connectivity index (χ1) is 9.16. The van der Waals surface area contributed by atoms with Crippen LogP contribution in [-0.2, 0) is 6.54 Å². The molecule has 1 fully saturated rings. The number of aliphatic hydroxyl groups is 1. The van der Waals surface area contributed by atoms with Crippen LogP contribution >= 0.6 is 11.6 Å². The molecule has 0 aromatic heterocycles. The minimum atomic E-state index is -0.241. The van der Waals surface area contributed by atoms with E-state index in [1.165, 1.54) is 0 Å². The van der Waals surface area contributed by atoms with Crippen LogP contribution in [0.1, 0.15) is 18.4 Å². The lowest BCUT2D eigenvalue weighted by molar-refractivity contribution is 0.0562. The normalized spacial score (nSPS) is 18.7. The van der Waals surface area contributed by atoms with Crippen molar-refractivity contribution in [3.05, 3.63) is 34.9 Å². The molecule has 4 heteroatoms. The molecular weight excluding hydrogens is 260 g/mol. The number of aliphatic hydroxyl groups excluding tert-OH is 1. The molecule has 0 amide bonds. The minimum Gasteiger partial charge on any atom is -0.392 e. The number of nitrogens with zero attached hydrogens (tertiary/aromatic N) is 1. The van der Waals surface area contributed by atoms with Gasteiger partial charge in [0.05, 0.1) is 6.10 Å². The van der Waals surface area contributed by atoms with E-state index in [1.54, 1.807) is 0 Å². The molecule has 1 atom stereocenters. The van der Waals surface area contributed by atoms with Crippen molar-refractivity contribution in [1.29, 1.82) is 0 Å². The molecule has 1 aromatic carbocycles. The first-order valence-corrected chi connectivity index (χ1v) is 7.35. The van der Waals surface area contributed by atoms with Crippen LogP contribution in [0.2, 0.25) is 5.02 Å². The average Bonchev–Trinajstić information content (AvgIpc) is 2.42. The molecule has 2 rings (SSSR count). The molecule has 1 unspecified atom stereocenters. The number of rotatable bonds is 5. The van der Waals surface area contributed by atoms with Gasteiger partial charge in [0.25, 0.3) is 0 Å². The molecule has 106 valence electrons. The van der Waals surface area contributed by atoms with Gasteiger partial charge in [-0.25, -0.2) is 0 Å². The second kappa shape index (κ2) is 7.25. The SMILES string of the molecule is CN(Cc1ccccc1Cl)CC(O)C1CCNCC1. The first kappa shape index (κ1) is 14.8. The number of halogens is 1. The Morgan fingerprint density at radius 3 is 2.74 bits per heavy atom. The van der Waals surface area contributed by atoms with Crippen molar-refractivity contribution < 1.29 is 5.11 Å². The standard InChI is InChI=1S/C15H23ClN2O/c1-18(10-13-4-2-3-5-14(13)16)11-15(19)12-6-8-17-9-7-12/h2-5,12,15,17,19H,6-11H2,1H3.